The van der Waals surface area contributed by atoms with Crippen LogP contribution in [-0.4, -0.2) is 15.8 Å². The molecule has 18 heavy (non-hydrogen) atoms. The molecule has 0 aliphatic carbocycles. The second-order valence-electron chi connectivity index (χ2n) is 4.06. The topological polar surface area (TPSA) is 56.0 Å². The summed E-state index contributed by atoms with van der Waals surface area (Å²) < 4.78 is 5.48. The van der Waals surface area contributed by atoms with Crippen molar-refractivity contribution in [2.24, 2.45) is 0 Å². The van der Waals surface area contributed by atoms with Gasteiger partial charge in [-0.25, -0.2) is 9.97 Å². The number of benzene rings is 1. The van der Waals surface area contributed by atoms with Gasteiger partial charge >= 0.3 is 0 Å². The fraction of sp³-hybridized carbons (Fsp3) is 0.0714. The zero-order valence-corrected chi connectivity index (χ0v) is 9.75. The average Bonchev–Trinajstić information content (AvgIpc) is 2.82. The summed E-state index contributed by atoms with van der Waals surface area (Å²) in [5.41, 5.74) is 1.60. The third kappa shape index (κ3) is 1.78. The van der Waals surface area contributed by atoms with Crippen molar-refractivity contribution in [3.63, 3.8) is 0 Å². The van der Waals surface area contributed by atoms with Crippen LogP contribution in [-0.2, 0) is 0 Å². The molecule has 88 valence electrons. The van der Waals surface area contributed by atoms with Crippen LogP contribution in [0.15, 0.2) is 47.1 Å². The van der Waals surface area contributed by atoms with Gasteiger partial charge in [0.2, 0.25) is 5.82 Å². The van der Waals surface area contributed by atoms with E-state index < -0.39 is 0 Å². The van der Waals surface area contributed by atoms with Gasteiger partial charge in [-0.15, -0.1) is 0 Å². The van der Waals surface area contributed by atoms with Crippen molar-refractivity contribution in [3.8, 4) is 0 Å². The van der Waals surface area contributed by atoms with Crippen LogP contribution in [0, 0.1) is 6.92 Å². The van der Waals surface area contributed by atoms with Crippen LogP contribution in [0.4, 0.5) is 0 Å². The zero-order chi connectivity index (χ0) is 12.5. The van der Waals surface area contributed by atoms with Crippen molar-refractivity contribution in [1.82, 2.24) is 9.97 Å². The number of aryl methyl sites for hydroxylation is 1. The summed E-state index contributed by atoms with van der Waals surface area (Å²) in [6, 6.07) is 9.19. The molecule has 4 heteroatoms. The highest BCUT2D eigenvalue weighted by Gasteiger charge is 2.16. The number of para-hydroxylation sites is 1. The Morgan fingerprint density at radius 1 is 1.17 bits per heavy atom. The van der Waals surface area contributed by atoms with Crippen LogP contribution in [0.3, 0.4) is 0 Å². The normalized spacial score (nSPS) is 10.7. The molecule has 0 aliphatic rings. The molecule has 2 aromatic heterocycles. The lowest BCUT2D eigenvalue weighted by molar-refractivity contribution is 0.100. The Bertz CT molecular complexity index is 681. The number of hydrogen-bond donors (Lipinski definition) is 0. The van der Waals surface area contributed by atoms with Crippen molar-refractivity contribution >= 4 is 16.8 Å². The number of furan rings is 1. The molecule has 0 fully saturated rings. The first-order valence-electron chi connectivity index (χ1n) is 5.56. The Kier molecular flexibility index (Phi) is 2.41. The zero-order valence-electron chi connectivity index (χ0n) is 9.75. The smallest absolute Gasteiger partial charge is 0.265 e. The van der Waals surface area contributed by atoms with E-state index in [1.54, 1.807) is 18.5 Å². The maximum Gasteiger partial charge on any atom is 0.265 e. The lowest BCUT2D eigenvalue weighted by Gasteiger charge is -1.95. The highest BCUT2D eigenvalue weighted by atomic mass is 16.3. The van der Waals surface area contributed by atoms with Gasteiger partial charge in [-0.2, -0.15) is 0 Å². The van der Waals surface area contributed by atoms with E-state index in [1.807, 2.05) is 31.2 Å². The maximum absolute atomic E-state index is 12.1. The highest BCUT2D eigenvalue weighted by molar-refractivity contribution is 6.06. The quantitative estimate of drug-likeness (QED) is 0.644. The van der Waals surface area contributed by atoms with Gasteiger partial charge in [-0.1, -0.05) is 18.2 Å². The van der Waals surface area contributed by atoms with Gasteiger partial charge in [0.05, 0.1) is 0 Å². The number of fused-ring (bicyclic) bond motifs is 1. The fourth-order valence-corrected chi connectivity index (χ4v) is 1.71. The maximum atomic E-state index is 12.1. The number of carbonyl (C=O) groups is 1. The molecule has 0 bridgehead atoms. The third-order valence-corrected chi connectivity index (χ3v) is 2.63. The molecule has 0 saturated heterocycles. The molecule has 0 aliphatic heterocycles. The number of rotatable bonds is 2. The summed E-state index contributed by atoms with van der Waals surface area (Å²) in [4.78, 5) is 20.1. The molecule has 4 nitrogen and oxygen atoms in total. The lowest BCUT2D eigenvalue weighted by atomic mass is 10.2. The minimum absolute atomic E-state index is 0.152. The standard InChI is InChI=1S/C14H10N2O2/c1-9-7-15-14(16-8-9)13(17)12-6-10-4-2-3-5-11(10)18-12/h2-8H,1H3. The molecule has 3 rings (SSSR count). The molecule has 0 atom stereocenters. The van der Waals surface area contributed by atoms with Gasteiger partial charge in [0.25, 0.3) is 5.78 Å². The second kappa shape index (κ2) is 4.07. The van der Waals surface area contributed by atoms with Crippen molar-refractivity contribution in [1.29, 1.82) is 0 Å². The fourth-order valence-electron chi connectivity index (χ4n) is 1.71. The summed E-state index contributed by atoms with van der Waals surface area (Å²) in [7, 11) is 0. The third-order valence-electron chi connectivity index (χ3n) is 2.63. The summed E-state index contributed by atoms with van der Waals surface area (Å²) >= 11 is 0. The second-order valence-corrected chi connectivity index (χ2v) is 4.06. The lowest BCUT2D eigenvalue weighted by Crippen LogP contribution is -2.05. The first-order valence-corrected chi connectivity index (χ1v) is 5.56. The minimum Gasteiger partial charge on any atom is -0.452 e. The molecule has 2 heterocycles. The number of hydrogen-bond acceptors (Lipinski definition) is 4. The monoisotopic (exact) mass is 238 g/mol. The number of aromatic nitrogens is 2. The van der Waals surface area contributed by atoms with Crippen LogP contribution in [0.5, 0.6) is 0 Å². The Morgan fingerprint density at radius 2 is 1.89 bits per heavy atom. The Balaban J connectivity index is 2.03. The van der Waals surface area contributed by atoms with E-state index in [0.717, 1.165) is 10.9 Å². The molecule has 0 N–H and O–H groups in total. The van der Waals surface area contributed by atoms with E-state index in [4.69, 9.17) is 4.42 Å². The molecule has 0 radical (unpaired) electrons. The van der Waals surface area contributed by atoms with Crippen molar-refractivity contribution in [3.05, 3.63) is 59.9 Å². The van der Waals surface area contributed by atoms with Gasteiger partial charge in [0, 0.05) is 17.8 Å². The predicted molar refractivity (Wildman–Crippen MR) is 66.4 cm³/mol. The van der Waals surface area contributed by atoms with Crippen LogP contribution in [0.25, 0.3) is 11.0 Å². The van der Waals surface area contributed by atoms with Crippen LogP contribution < -0.4 is 0 Å². The molecule has 0 spiro atoms. The molecule has 1 aromatic carbocycles. The number of nitrogens with zero attached hydrogens (tertiary/aromatic N) is 2. The minimum atomic E-state index is -0.300. The highest BCUT2D eigenvalue weighted by Crippen LogP contribution is 2.20. The van der Waals surface area contributed by atoms with E-state index in [1.165, 1.54) is 0 Å². The largest absolute Gasteiger partial charge is 0.452 e. The van der Waals surface area contributed by atoms with Crippen molar-refractivity contribution < 1.29 is 9.21 Å². The first-order chi connectivity index (χ1) is 8.74. The van der Waals surface area contributed by atoms with Gasteiger partial charge < -0.3 is 4.42 Å². The molecular formula is C14H10N2O2. The van der Waals surface area contributed by atoms with E-state index >= 15 is 0 Å². The SMILES string of the molecule is Cc1cnc(C(=O)c2cc3ccccc3o2)nc1. The molecule has 3 aromatic rings. The Labute approximate surface area is 103 Å². The van der Waals surface area contributed by atoms with Crippen LogP contribution in [0.2, 0.25) is 0 Å². The van der Waals surface area contributed by atoms with E-state index in [9.17, 15) is 4.79 Å². The Hall–Kier alpha value is -2.49. The predicted octanol–water partition coefficient (Wildman–Crippen LogP) is 2.76. The first kappa shape index (κ1) is 10.7. The van der Waals surface area contributed by atoms with Crippen LogP contribution in [0.1, 0.15) is 21.9 Å². The van der Waals surface area contributed by atoms with Gasteiger partial charge in [0.15, 0.2) is 5.76 Å². The molecule has 0 amide bonds. The van der Waals surface area contributed by atoms with Crippen LogP contribution >= 0.6 is 0 Å². The van der Waals surface area contributed by atoms with Gasteiger partial charge in [0.1, 0.15) is 5.58 Å². The molecular weight excluding hydrogens is 228 g/mol. The summed E-state index contributed by atoms with van der Waals surface area (Å²) in [6.45, 7) is 1.87. The van der Waals surface area contributed by atoms with Gasteiger partial charge in [-0.05, 0) is 24.6 Å². The van der Waals surface area contributed by atoms with Gasteiger partial charge in [-0.3, -0.25) is 4.79 Å². The summed E-state index contributed by atoms with van der Waals surface area (Å²) in [6.07, 6.45) is 3.23. The van der Waals surface area contributed by atoms with Crippen molar-refractivity contribution in [2.75, 3.05) is 0 Å². The number of carbonyl (C=O) groups excluding carboxylic acids is 1. The van der Waals surface area contributed by atoms with E-state index in [0.29, 0.717) is 5.58 Å². The summed E-state index contributed by atoms with van der Waals surface area (Å²) in [5, 5.41) is 0.896. The summed E-state index contributed by atoms with van der Waals surface area (Å²) in [5.74, 6) is 0.117. The Morgan fingerprint density at radius 3 is 2.61 bits per heavy atom. The number of ketones is 1. The van der Waals surface area contributed by atoms with E-state index in [2.05, 4.69) is 9.97 Å². The molecule has 0 saturated carbocycles. The van der Waals surface area contributed by atoms with Crippen molar-refractivity contribution in [2.45, 2.75) is 6.92 Å². The molecule has 0 unspecified atom stereocenters. The van der Waals surface area contributed by atoms with E-state index in [-0.39, 0.29) is 17.4 Å². The average molecular weight is 238 g/mol.